The molecule has 2 amide bonds. The second-order valence-corrected chi connectivity index (χ2v) is 7.79. The van der Waals surface area contributed by atoms with Gasteiger partial charge in [-0.15, -0.1) is 11.3 Å². The van der Waals surface area contributed by atoms with Crippen LogP contribution in [0.5, 0.6) is 5.75 Å². The van der Waals surface area contributed by atoms with Crippen molar-refractivity contribution in [1.29, 1.82) is 0 Å². The van der Waals surface area contributed by atoms with Gasteiger partial charge in [0.1, 0.15) is 10.8 Å². The monoisotopic (exact) mass is 405 g/mol. The highest BCUT2D eigenvalue weighted by Gasteiger charge is 2.20. The second-order valence-electron chi connectivity index (χ2n) is 6.16. The van der Waals surface area contributed by atoms with Gasteiger partial charge >= 0.3 is 0 Å². The van der Waals surface area contributed by atoms with Crippen LogP contribution in [0, 0.1) is 6.92 Å². The van der Waals surface area contributed by atoms with Gasteiger partial charge in [-0.1, -0.05) is 6.92 Å². The molecule has 0 aliphatic rings. The van der Waals surface area contributed by atoms with Crippen LogP contribution in [0.25, 0.3) is 0 Å². The summed E-state index contributed by atoms with van der Waals surface area (Å²) in [4.78, 5) is 25.1. The summed E-state index contributed by atoms with van der Waals surface area (Å²) in [6, 6.07) is 6.78. The molecular weight excluding hydrogens is 382 g/mol. The molecule has 0 saturated carbocycles. The number of benzene rings is 1. The van der Waals surface area contributed by atoms with Gasteiger partial charge in [-0.2, -0.15) is 0 Å². The Bertz CT molecular complexity index is 858. The third-order valence-corrected chi connectivity index (χ3v) is 5.02. The van der Waals surface area contributed by atoms with E-state index in [0.717, 1.165) is 10.4 Å². The van der Waals surface area contributed by atoms with Crippen LogP contribution in [-0.4, -0.2) is 23.0 Å². The molecule has 0 unspecified atom stereocenters. The minimum Gasteiger partial charge on any atom is -0.491 e. The van der Waals surface area contributed by atoms with E-state index in [1.807, 2.05) is 27.7 Å². The number of thiocarbonyl (C=S) groups is 1. The number of carbonyl (C=O) groups excluding carboxylic acids is 2. The number of primary amides is 1. The van der Waals surface area contributed by atoms with Crippen LogP contribution in [0.2, 0.25) is 0 Å². The molecule has 0 radical (unpaired) electrons. The van der Waals surface area contributed by atoms with Crippen molar-refractivity contribution in [3.8, 4) is 5.75 Å². The zero-order chi connectivity index (χ0) is 20.1. The highest BCUT2D eigenvalue weighted by Crippen LogP contribution is 2.33. The summed E-state index contributed by atoms with van der Waals surface area (Å²) >= 11 is 6.60. The number of hydrogen-bond donors (Lipinski definition) is 3. The van der Waals surface area contributed by atoms with E-state index >= 15 is 0 Å². The molecule has 8 heteroatoms. The zero-order valence-electron chi connectivity index (χ0n) is 15.7. The van der Waals surface area contributed by atoms with Crippen LogP contribution in [-0.2, 0) is 6.42 Å². The Morgan fingerprint density at radius 3 is 2.41 bits per heavy atom. The van der Waals surface area contributed by atoms with Crippen LogP contribution in [0.1, 0.15) is 51.9 Å². The van der Waals surface area contributed by atoms with Crippen LogP contribution in [0.4, 0.5) is 5.00 Å². The molecule has 0 aliphatic heterocycles. The van der Waals surface area contributed by atoms with Gasteiger partial charge in [-0.05, 0) is 69.2 Å². The van der Waals surface area contributed by atoms with Gasteiger partial charge in [0.05, 0.1) is 11.7 Å². The standard InChI is InChI=1S/C19H23N3O3S2/c1-5-14-11(4)27-18(15(14)16(20)23)22-19(26)21-17(24)12-6-8-13(9-7-12)25-10(2)3/h6-10H,5H2,1-4H3,(H2,20,23)(H2,21,22,24,26). The quantitative estimate of drug-likeness (QED) is 0.638. The lowest BCUT2D eigenvalue weighted by atomic mass is 10.1. The summed E-state index contributed by atoms with van der Waals surface area (Å²) in [7, 11) is 0. The molecule has 2 aromatic rings. The average molecular weight is 406 g/mol. The first-order valence-corrected chi connectivity index (χ1v) is 9.76. The van der Waals surface area contributed by atoms with Crippen molar-refractivity contribution < 1.29 is 14.3 Å². The van der Waals surface area contributed by atoms with Gasteiger partial charge in [0.2, 0.25) is 0 Å². The first-order valence-electron chi connectivity index (χ1n) is 8.54. The van der Waals surface area contributed by atoms with Gasteiger partial charge in [0.15, 0.2) is 5.11 Å². The smallest absolute Gasteiger partial charge is 0.257 e. The summed E-state index contributed by atoms with van der Waals surface area (Å²) in [6.45, 7) is 7.74. The Morgan fingerprint density at radius 2 is 1.89 bits per heavy atom. The Morgan fingerprint density at radius 1 is 1.26 bits per heavy atom. The van der Waals surface area contributed by atoms with Crippen molar-refractivity contribution in [3.63, 3.8) is 0 Å². The molecule has 0 fully saturated rings. The van der Waals surface area contributed by atoms with E-state index in [0.29, 0.717) is 28.3 Å². The third-order valence-electron chi connectivity index (χ3n) is 3.75. The van der Waals surface area contributed by atoms with Crippen LogP contribution in [0.15, 0.2) is 24.3 Å². The summed E-state index contributed by atoms with van der Waals surface area (Å²) in [6.07, 6.45) is 0.745. The lowest BCUT2D eigenvalue weighted by Gasteiger charge is -2.11. The molecule has 0 atom stereocenters. The lowest BCUT2D eigenvalue weighted by molar-refractivity contribution is 0.0975. The summed E-state index contributed by atoms with van der Waals surface area (Å²) in [5.41, 5.74) is 7.27. The lowest BCUT2D eigenvalue weighted by Crippen LogP contribution is -2.34. The number of amides is 2. The van der Waals surface area contributed by atoms with Gasteiger partial charge in [0, 0.05) is 10.4 Å². The van der Waals surface area contributed by atoms with E-state index in [-0.39, 0.29) is 17.1 Å². The van der Waals surface area contributed by atoms with Crippen molar-refractivity contribution in [2.24, 2.45) is 5.73 Å². The molecule has 0 aliphatic carbocycles. The van der Waals surface area contributed by atoms with E-state index < -0.39 is 5.91 Å². The van der Waals surface area contributed by atoms with Gasteiger partial charge in [0.25, 0.3) is 11.8 Å². The molecule has 144 valence electrons. The molecule has 0 saturated heterocycles. The Balaban J connectivity index is 2.07. The first-order chi connectivity index (χ1) is 12.7. The molecule has 0 spiro atoms. The SMILES string of the molecule is CCc1c(C)sc(NC(=S)NC(=O)c2ccc(OC(C)C)cc2)c1C(N)=O. The number of nitrogens with one attached hydrogen (secondary N) is 2. The highest BCUT2D eigenvalue weighted by atomic mass is 32.1. The van der Waals surface area contributed by atoms with Crippen LogP contribution in [0.3, 0.4) is 0 Å². The van der Waals surface area contributed by atoms with Gasteiger partial charge in [-0.3, -0.25) is 14.9 Å². The summed E-state index contributed by atoms with van der Waals surface area (Å²) in [5, 5.41) is 6.18. The van der Waals surface area contributed by atoms with E-state index in [1.165, 1.54) is 11.3 Å². The van der Waals surface area contributed by atoms with Crippen molar-refractivity contribution in [2.75, 3.05) is 5.32 Å². The number of hydrogen-bond acceptors (Lipinski definition) is 5. The fourth-order valence-electron chi connectivity index (χ4n) is 2.62. The minimum atomic E-state index is -0.520. The molecule has 0 bridgehead atoms. The Hall–Kier alpha value is -2.45. The number of carbonyl (C=O) groups is 2. The fraction of sp³-hybridized carbons (Fsp3) is 0.316. The highest BCUT2D eigenvalue weighted by molar-refractivity contribution is 7.80. The predicted octanol–water partition coefficient (Wildman–Crippen LogP) is 3.63. The molecule has 2 rings (SSSR count). The zero-order valence-corrected chi connectivity index (χ0v) is 17.3. The van der Waals surface area contributed by atoms with E-state index in [4.69, 9.17) is 22.7 Å². The van der Waals surface area contributed by atoms with E-state index in [2.05, 4.69) is 10.6 Å². The Kier molecular flexibility index (Phi) is 6.92. The third kappa shape index (κ3) is 5.27. The molecule has 1 aromatic carbocycles. The maximum absolute atomic E-state index is 12.4. The second kappa shape index (κ2) is 8.96. The maximum atomic E-state index is 12.4. The number of aryl methyl sites for hydroxylation is 1. The largest absolute Gasteiger partial charge is 0.491 e. The molecule has 4 N–H and O–H groups in total. The topological polar surface area (TPSA) is 93.4 Å². The molecular formula is C19H23N3O3S2. The average Bonchev–Trinajstić information content (AvgIpc) is 2.89. The molecule has 1 heterocycles. The van der Waals surface area contributed by atoms with Crippen LogP contribution < -0.4 is 21.1 Å². The number of thiophene rings is 1. The number of anilines is 1. The predicted molar refractivity (Wildman–Crippen MR) is 113 cm³/mol. The van der Waals surface area contributed by atoms with Gasteiger partial charge in [-0.25, -0.2) is 0 Å². The van der Waals surface area contributed by atoms with Crippen molar-refractivity contribution in [2.45, 2.75) is 40.2 Å². The normalized spacial score (nSPS) is 10.6. The molecule has 27 heavy (non-hydrogen) atoms. The van der Waals surface area contributed by atoms with Crippen molar-refractivity contribution >= 4 is 45.5 Å². The number of ether oxygens (including phenoxy) is 1. The molecule has 1 aromatic heterocycles. The minimum absolute atomic E-state index is 0.0585. The van der Waals surface area contributed by atoms with E-state index in [9.17, 15) is 9.59 Å². The first kappa shape index (κ1) is 20.9. The van der Waals surface area contributed by atoms with E-state index in [1.54, 1.807) is 24.3 Å². The summed E-state index contributed by atoms with van der Waals surface area (Å²) in [5.74, 6) is -0.184. The molecule has 6 nitrogen and oxygen atoms in total. The van der Waals surface area contributed by atoms with Crippen molar-refractivity contribution in [3.05, 3.63) is 45.8 Å². The Labute approximate surface area is 168 Å². The van der Waals surface area contributed by atoms with Crippen molar-refractivity contribution in [1.82, 2.24) is 5.32 Å². The number of rotatable bonds is 6. The maximum Gasteiger partial charge on any atom is 0.257 e. The summed E-state index contributed by atoms with van der Waals surface area (Å²) < 4.78 is 5.56. The van der Waals surface area contributed by atoms with Crippen LogP contribution >= 0.6 is 23.6 Å². The fourth-order valence-corrected chi connectivity index (χ4v) is 4.03. The number of nitrogens with two attached hydrogens (primary N) is 1. The van der Waals surface area contributed by atoms with Gasteiger partial charge < -0.3 is 15.8 Å².